The Morgan fingerprint density at radius 3 is 2.08 bits per heavy atom. The standard InChI is InChI=1S/C22H29N5O9/c23-13(9-28)19(32)27-17(10-29)21(34)26-16(7-11-8-24-14-4-2-1-3-12(11)14)20(33)25-15(22(35)36)5-6-18(30)31/h1-4,8,13,15-17,24,28-29H,5-7,9-10,23H2,(H,25,33)(H,26,34)(H,27,32)(H,30,31)(H,35,36). The number of rotatable bonds is 14. The first-order valence-corrected chi connectivity index (χ1v) is 10.9. The van der Waals surface area contributed by atoms with Gasteiger partial charge >= 0.3 is 11.9 Å². The number of aromatic amines is 1. The number of hydrogen-bond donors (Lipinski definition) is 9. The van der Waals surface area contributed by atoms with Crippen molar-refractivity contribution in [2.24, 2.45) is 5.73 Å². The van der Waals surface area contributed by atoms with Crippen LogP contribution in [-0.2, 0) is 30.4 Å². The summed E-state index contributed by atoms with van der Waals surface area (Å²) >= 11 is 0. The van der Waals surface area contributed by atoms with Gasteiger partial charge in [0.15, 0.2) is 0 Å². The Bertz CT molecular complexity index is 1100. The van der Waals surface area contributed by atoms with Crippen LogP contribution in [0.25, 0.3) is 10.9 Å². The SMILES string of the molecule is NC(CO)C(=O)NC(CO)C(=O)NC(Cc1c[nH]c2ccccc12)C(=O)NC(CCC(=O)O)C(=O)O. The maximum absolute atomic E-state index is 13.0. The van der Waals surface area contributed by atoms with Crippen molar-refractivity contribution in [3.63, 3.8) is 0 Å². The molecule has 0 aliphatic rings. The van der Waals surface area contributed by atoms with Gasteiger partial charge in [0.25, 0.3) is 0 Å². The summed E-state index contributed by atoms with van der Waals surface area (Å²) in [4.78, 5) is 63.2. The number of H-pyrrole nitrogens is 1. The molecule has 1 aromatic heterocycles. The zero-order valence-corrected chi connectivity index (χ0v) is 19.1. The Kier molecular flexibility index (Phi) is 10.3. The molecule has 2 aromatic rings. The van der Waals surface area contributed by atoms with Crippen LogP contribution in [0.1, 0.15) is 18.4 Å². The predicted molar refractivity (Wildman–Crippen MR) is 124 cm³/mol. The van der Waals surface area contributed by atoms with Crippen LogP contribution in [0.5, 0.6) is 0 Å². The third-order valence-corrected chi connectivity index (χ3v) is 5.34. The van der Waals surface area contributed by atoms with Crippen molar-refractivity contribution in [1.29, 1.82) is 0 Å². The second-order valence-electron chi connectivity index (χ2n) is 7.99. The summed E-state index contributed by atoms with van der Waals surface area (Å²) < 4.78 is 0. The van der Waals surface area contributed by atoms with Crippen molar-refractivity contribution in [3.8, 4) is 0 Å². The summed E-state index contributed by atoms with van der Waals surface area (Å²) in [5.74, 6) is -5.50. The summed E-state index contributed by atoms with van der Waals surface area (Å²) in [5, 5.41) is 44.3. The maximum atomic E-state index is 13.0. The Hall–Kier alpha value is -4.01. The van der Waals surface area contributed by atoms with E-state index in [-0.39, 0.29) is 6.42 Å². The molecule has 0 spiro atoms. The van der Waals surface area contributed by atoms with Gasteiger partial charge in [0, 0.05) is 29.9 Å². The highest BCUT2D eigenvalue weighted by atomic mass is 16.4. The molecule has 0 aliphatic heterocycles. The molecule has 0 bridgehead atoms. The van der Waals surface area contributed by atoms with Crippen molar-refractivity contribution in [2.75, 3.05) is 13.2 Å². The molecule has 1 heterocycles. The van der Waals surface area contributed by atoms with Gasteiger partial charge in [0.1, 0.15) is 24.2 Å². The largest absolute Gasteiger partial charge is 0.481 e. The average Bonchev–Trinajstić information content (AvgIpc) is 3.26. The lowest BCUT2D eigenvalue weighted by Gasteiger charge is -2.24. The number of amides is 3. The third-order valence-electron chi connectivity index (χ3n) is 5.34. The van der Waals surface area contributed by atoms with Gasteiger partial charge in [-0.15, -0.1) is 0 Å². The van der Waals surface area contributed by atoms with Gasteiger partial charge in [-0.25, -0.2) is 4.79 Å². The van der Waals surface area contributed by atoms with Gasteiger partial charge in [0.05, 0.1) is 13.2 Å². The van der Waals surface area contributed by atoms with Crippen molar-refractivity contribution in [3.05, 3.63) is 36.0 Å². The molecule has 3 amide bonds. The highest BCUT2D eigenvalue weighted by molar-refractivity contribution is 5.95. The minimum Gasteiger partial charge on any atom is -0.481 e. The molecule has 14 nitrogen and oxygen atoms in total. The van der Waals surface area contributed by atoms with E-state index in [9.17, 15) is 34.2 Å². The van der Waals surface area contributed by atoms with Gasteiger partial charge in [-0.2, -0.15) is 0 Å². The van der Waals surface area contributed by atoms with E-state index >= 15 is 0 Å². The fourth-order valence-electron chi connectivity index (χ4n) is 3.36. The van der Waals surface area contributed by atoms with E-state index in [1.54, 1.807) is 30.5 Å². The van der Waals surface area contributed by atoms with Crippen molar-refractivity contribution < 1.29 is 44.4 Å². The minimum atomic E-state index is -1.54. The lowest BCUT2D eigenvalue weighted by molar-refractivity contribution is -0.143. The summed E-state index contributed by atoms with van der Waals surface area (Å²) in [6, 6.07) is 1.37. The van der Waals surface area contributed by atoms with Crippen molar-refractivity contribution in [2.45, 2.75) is 43.4 Å². The number of fused-ring (bicyclic) bond motifs is 1. The van der Waals surface area contributed by atoms with Gasteiger partial charge in [0.2, 0.25) is 17.7 Å². The number of para-hydroxylation sites is 1. The number of nitrogens with two attached hydrogens (primary N) is 1. The number of carboxylic acids is 2. The smallest absolute Gasteiger partial charge is 0.326 e. The molecule has 36 heavy (non-hydrogen) atoms. The van der Waals surface area contributed by atoms with Crippen LogP contribution in [0.2, 0.25) is 0 Å². The van der Waals surface area contributed by atoms with Crippen LogP contribution in [-0.4, -0.2) is 92.5 Å². The highest BCUT2D eigenvalue weighted by Gasteiger charge is 2.31. The Morgan fingerprint density at radius 1 is 0.861 bits per heavy atom. The zero-order valence-electron chi connectivity index (χ0n) is 19.1. The fourth-order valence-corrected chi connectivity index (χ4v) is 3.36. The van der Waals surface area contributed by atoms with Gasteiger partial charge in [-0.05, 0) is 18.1 Å². The maximum Gasteiger partial charge on any atom is 0.326 e. The topological polar surface area (TPSA) is 244 Å². The van der Waals surface area contributed by atoms with Crippen LogP contribution in [0.4, 0.5) is 0 Å². The Balaban J connectivity index is 2.27. The number of carbonyl (C=O) groups is 5. The summed E-state index contributed by atoms with van der Waals surface area (Å²) in [6.07, 6.45) is 0.607. The highest BCUT2D eigenvalue weighted by Crippen LogP contribution is 2.19. The van der Waals surface area contributed by atoms with E-state index in [4.69, 9.17) is 15.9 Å². The summed E-state index contributed by atoms with van der Waals surface area (Å²) in [7, 11) is 0. The van der Waals surface area contributed by atoms with Crippen LogP contribution in [0.3, 0.4) is 0 Å². The molecule has 1 aromatic carbocycles. The van der Waals surface area contributed by atoms with E-state index in [0.29, 0.717) is 5.56 Å². The third kappa shape index (κ3) is 7.76. The first-order valence-electron chi connectivity index (χ1n) is 10.9. The van der Waals surface area contributed by atoms with Gasteiger partial charge in [-0.3, -0.25) is 19.2 Å². The predicted octanol–water partition coefficient (Wildman–Crippen LogP) is -2.57. The number of aliphatic carboxylic acids is 2. The number of carboxylic acid groups (broad SMARTS) is 2. The van der Waals surface area contributed by atoms with Crippen LogP contribution >= 0.6 is 0 Å². The van der Waals surface area contributed by atoms with E-state index in [1.807, 2.05) is 0 Å². The average molecular weight is 508 g/mol. The molecule has 10 N–H and O–H groups in total. The Labute approximate surface area is 204 Å². The number of nitrogens with one attached hydrogen (secondary N) is 4. The number of hydrogen-bond acceptors (Lipinski definition) is 8. The zero-order chi connectivity index (χ0) is 26.8. The molecular weight excluding hydrogens is 478 g/mol. The van der Waals surface area contributed by atoms with Crippen LogP contribution in [0.15, 0.2) is 30.5 Å². The lowest BCUT2D eigenvalue weighted by atomic mass is 10.0. The number of aromatic nitrogens is 1. The second-order valence-corrected chi connectivity index (χ2v) is 7.99. The normalized spacial score (nSPS) is 14.3. The quantitative estimate of drug-likeness (QED) is 0.129. The number of aliphatic hydroxyl groups is 2. The molecular formula is C22H29N5O9. The summed E-state index contributed by atoms with van der Waals surface area (Å²) in [6.45, 7) is -1.56. The summed E-state index contributed by atoms with van der Waals surface area (Å²) in [5.41, 5.74) is 6.76. The minimum absolute atomic E-state index is 0.102. The van der Waals surface area contributed by atoms with Crippen LogP contribution < -0.4 is 21.7 Å². The van der Waals surface area contributed by atoms with E-state index in [2.05, 4.69) is 20.9 Å². The molecule has 2 rings (SSSR count). The van der Waals surface area contributed by atoms with Gasteiger partial charge in [-0.1, -0.05) is 18.2 Å². The van der Waals surface area contributed by atoms with E-state index in [0.717, 1.165) is 10.9 Å². The van der Waals surface area contributed by atoms with E-state index < -0.39 is 79.9 Å². The molecule has 4 atom stereocenters. The number of benzene rings is 1. The van der Waals surface area contributed by atoms with Crippen molar-refractivity contribution in [1.82, 2.24) is 20.9 Å². The van der Waals surface area contributed by atoms with Crippen molar-refractivity contribution >= 4 is 40.6 Å². The monoisotopic (exact) mass is 507 g/mol. The molecule has 4 unspecified atom stereocenters. The first kappa shape index (κ1) is 28.2. The van der Waals surface area contributed by atoms with Crippen LogP contribution in [0, 0.1) is 0 Å². The molecule has 0 aliphatic carbocycles. The first-order chi connectivity index (χ1) is 17.1. The van der Waals surface area contributed by atoms with Gasteiger partial charge < -0.3 is 47.1 Å². The second kappa shape index (κ2) is 13.2. The molecule has 0 saturated heterocycles. The molecule has 196 valence electrons. The number of carbonyl (C=O) groups excluding carboxylic acids is 3. The molecule has 0 fully saturated rings. The fraction of sp³-hybridized carbons (Fsp3) is 0.409. The number of aliphatic hydroxyl groups excluding tert-OH is 2. The van der Waals surface area contributed by atoms with E-state index in [1.165, 1.54) is 0 Å². The lowest BCUT2D eigenvalue weighted by Crippen LogP contribution is -2.58. The molecule has 0 radical (unpaired) electrons. The molecule has 14 heteroatoms. The molecule has 0 saturated carbocycles. The Morgan fingerprint density at radius 2 is 1.47 bits per heavy atom.